The highest BCUT2D eigenvalue weighted by Gasteiger charge is 2.29. The number of benzene rings is 1. The van der Waals surface area contributed by atoms with E-state index in [1.54, 1.807) is 0 Å². The third kappa shape index (κ3) is 3.37. The van der Waals surface area contributed by atoms with E-state index in [-0.39, 0.29) is 17.6 Å². The second-order valence-electron chi connectivity index (χ2n) is 5.94. The molecule has 1 fully saturated rings. The lowest BCUT2D eigenvalue weighted by atomic mass is 10.2. The van der Waals surface area contributed by atoms with E-state index in [4.69, 9.17) is 0 Å². The van der Waals surface area contributed by atoms with Gasteiger partial charge in [-0.1, -0.05) is 12.1 Å². The number of carbonyl (C=O) groups is 1. The summed E-state index contributed by atoms with van der Waals surface area (Å²) >= 11 is 0. The minimum Gasteiger partial charge on any atom is -0.360 e. The summed E-state index contributed by atoms with van der Waals surface area (Å²) < 4.78 is 2.11. The van der Waals surface area contributed by atoms with Gasteiger partial charge < -0.3 is 10.6 Å². The van der Waals surface area contributed by atoms with Crippen LogP contribution in [-0.2, 0) is 25.4 Å². The first-order valence-electron chi connectivity index (χ1n) is 7.73. The number of aryl methyl sites for hydroxylation is 1. The zero-order valence-electron chi connectivity index (χ0n) is 13.6. The first kappa shape index (κ1) is 16.0. The monoisotopic (exact) mass is 329 g/mol. The summed E-state index contributed by atoms with van der Waals surface area (Å²) in [6, 6.07) is 7.39. The Morgan fingerprint density at radius 3 is 2.75 bits per heavy atom. The van der Waals surface area contributed by atoms with Crippen LogP contribution in [0.25, 0.3) is 0 Å². The smallest absolute Gasteiger partial charge is 0.346 e. The number of nitrogens with zero attached hydrogens (tertiary/aromatic N) is 3. The van der Waals surface area contributed by atoms with Gasteiger partial charge in [-0.2, -0.15) is 0 Å². The van der Waals surface area contributed by atoms with Crippen LogP contribution >= 0.6 is 0 Å². The molecule has 0 atom stereocenters. The summed E-state index contributed by atoms with van der Waals surface area (Å²) in [6.45, 7) is 0.355. The van der Waals surface area contributed by atoms with Gasteiger partial charge in [0.1, 0.15) is 0 Å². The standard InChI is InChI=1S/C16H19N5O3/c1-20-15(23)13(19-21(2)16(20)24)17-9-10-4-3-5-12(8-10)18-14(22)11-6-7-11/h3-5,8,11H,6-7,9H2,1-2H3,(H,17,19)(H,18,22). The minimum atomic E-state index is -0.477. The lowest BCUT2D eigenvalue weighted by Gasteiger charge is -2.10. The van der Waals surface area contributed by atoms with Crippen LogP contribution in [-0.4, -0.2) is 20.3 Å². The van der Waals surface area contributed by atoms with Crippen molar-refractivity contribution in [3.05, 3.63) is 50.7 Å². The highest BCUT2D eigenvalue weighted by atomic mass is 16.2. The number of rotatable bonds is 5. The molecule has 1 aliphatic carbocycles. The van der Waals surface area contributed by atoms with Crippen molar-refractivity contribution >= 4 is 17.4 Å². The van der Waals surface area contributed by atoms with Gasteiger partial charge >= 0.3 is 5.69 Å². The van der Waals surface area contributed by atoms with E-state index in [1.807, 2.05) is 24.3 Å². The van der Waals surface area contributed by atoms with Gasteiger partial charge in [0.15, 0.2) is 0 Å². The number of anilines is 2. The van der Waals surface area contributed by atoms with Gasteiger partial charge in [-0.25, -0.2) is 9.48 Å². The van der Waals surface area contributed by atoms with Crippen LogP contribution in [0.5, 0.6) is 0 Å². The molecule has 1 aliphatic rings. The topological polar surface area (TPSA) is 98.0 Å². The summed E-state index contributed by atoms with van der Waals surface area (Å²) in [6.07, 6.45) is 1.91. The molecule has 2 aromatic rings. The summed E-state index contributed by atoms with van der Waals surface area (Å²) in [5.41, 5.74) is 0.667. The molecule has 8 nitrogen and oxygen atoms in total. The Hall–Kier alpha value is -2.90. The number of hydrogen-bond donors (Lipinski definition) is 2. The minimum absolute atomic E-state index is 0.0497. The Balaban J connectivity index is 1.72. The number of carbonyl (C=O) groups excluding carboxylic acids is 1. The Morgan fingerprint density at radius 2 is 2.04 bits per heavy atom. The summed E-state index contributed by atoms with van der Waals surface area (Å²) in [7, 11) is 2.90. The lowest BCUT2D eigenvalue weighted by Crippen LogP contribution is -2.39. The Labute approximate surface area is 138 Å². The van der Waals surface area contributed by atoms with Crippen LogP contribution in [0.1, 0.15) is 18.4 Å². The summed E-state index contributed by atoms with van der Waals surface area (Å²) in [5.74, 6) is 0.297. The zero-order chi connectivity index (χ0) is 17.3. The van der Waals surface area contributed by atoms with Crippen molar-refractivity contribution in [3.63, 3.8) is 0 Å². The van der Waals surface area contributed by atoms with Gasteiger partial charge in [-0.05, 0) is 30.5 Å². The first-order chi connectivity index (χ1) is 11.5. The van der Waals surface area contributed by atoms with Crippen molar-refractivity contribution in [1.82, 2.24) is 14.3 Å². The molecule has 2 N–H and O–H groups in total. The molecule has 1 heterocycles. The van der Waals surface area contributed by atoms with Crippen LogP contribution in [0, 0.1) is 5.92 Å². The normalized spacial score (nSPS) is 13.6. The van der Waals surface area contributed by atoms with Gasteiger partial charge in [-0.15, -0.1) is 5.10 Å². The van der Waals surface area contributed by atoms with Gasteiger partial charge in [-0.3, -0.25) is 14.2 Å². The lowest BCUT2D eigenvalue weighted by molar-refractivity contribution is -0.117. The number of nitrogens with one attached hydrogen (secondary N) is 2. The maximum Gasteiger partial charge on any atom is 0.346 e. The first-order valence-corrected chi connectivity index (χ1v) is 7.73. The van der Waals surface area contributed by atoms with E-state index in [1.165, 1.54) is 14.1 Å². The van der Waals surface area contributed by atoms with E-state index in [0.717, 1.165) is 33.3 Å². The Bertz CT molecular complexity index is 895. The highest BCUT2D eigenvalue weighted by molar-refractivity contribution is 5.94. The molecule has 0 unspecified atom stereocenters. The average Bonchev–Trinajstić information content (AvgIpc) is 3.40. The quantitative estimate of drug-likeness (QED) is 0.829. The van der Waals surface area contributed by atoms with Crippen molar-refractivity contribution in [2.45, 2.75) is 19.4 Å². The molecule has 0 saturated heterocycles. The van der Waals surface area contributed by atoms with Gasteiger partial charge in [0.25, 0.3) is 5.56 Å². The van der Waals surface area contributed by atoms with Crippen molar-refractivity contribution in [1.29, 1.82) is 0 Å². The van der Waals surface area contributed by atoms with E-state index >= 15 is 0 Å². The maximum absolute atomic E-state index is 12.0. The van der Waals surface area contributed by atoms with Crippen LogP contribution in [0.4, 0.5) is 11.5 Å². The highest BCUT2D eigenvalue weighted by Crippen LogP contribution is 2.30. The molecule has 0 spiro atoms. The van der Waals surface area contributed by atoms with E-state index in [0.29, 0.717) is 6.54 Å². The van der Waals surface area contributed by atoms with Gasteiger partial charge in [0.2, 0.25) is 11.7 Å². The van der Waals surface area contributed by atoms with E-state index < -0.39 is 11.2 Å². The molecule has 0 bridgehead atoms. The molecule has 3 rings (SSSR count). The molecule has 8 heteroatoms. The third-order valence-electron chi connectivity index (χ3n) is 3.92. The fraction of sp³-hybridized carbons (Fsp3) is 0.375. The predicted octanol–water partition coefficient (Wildman–Crippen LogP) is 0.440. The molecular weight excluding hydrogens is 310 g/mol. The SMILES string of the molecule is Cn1nc(NCc2cccc(NC(=O)C3CC3)c2)c(=O)n(C)c1=O. The zero-order valence-corrected chi connectivity index (χ0v) is 13.6. The van der Waals surface area contributed by atoms with E-state index in [2.05, 4.69) is 15.7 Å². The largest absolute Gasteiger partial charge is 0.360 e. The van der Waals surface area contributed by atoms with Crippen LogP contribution in [0.15, 0.2) is 33.9 Å². The van der Waals surface area contributed by atoms with Gasteiger partial charge in [0, 0.05) is 32.2 Å². The molecule has 1 aromatic carbocycles. The van der Waals surface area contributed by atoms with Crippen molar-refractivity contribution in [2.24, 2.45) is 20.0 Å². The maximum atomic E-state index is 12.0. The molecular formula is C16H19N5O3. The molecule has 1 saturated carbocycles. The van der Waals surface area contributed by atoms with Crippen molar-refractivity contribution in [3.8, 4) is 0 Å². The molecule has 1 amide bonds. The molecule has 24 heavy (non-hydrogen) atoms. The van der Waals surface area contributed by atoms with Crippen LogP contribution in [0.3, 0.4) is 0 Å². The molecule has 1 aromatic heterocycles. The summed E-state index contributed by atoms with van der Waals surface area (Å²) in [4.78, 5) is 35.4. The van der Waals surface area contributed by atoms with Crippen molar-refractivity contribution in [2.75, 3.05) is 10.6 Å². The summed E-state index contributed by atoms with van der Waals surface area (Å²) in [5, 5.41) is 9.76. The predicted molar refractivity (Wildman–Crippen MR) is 89.8 cm³/mol. The Kier molecular flexibility index (Phi) is 4.20. The average molecular weight is 329 g/mol. The Morgan fingerprint density at radius 1 is 1.29 bits per heavy atom. The molecule has 126 valence electrons. The van der Waals surface area contributed by atoms with Crippen molar-refractivity contribution < 1.29 is 4.79 Å². The fourth-order valence-corrected chi connectivity index (χ4v) is 2.34. The van der Waals surface area contributed by atoms with Gasteiger partial charge in [0.05, 0.1) is 0 Å². The second kappa shape index (κ2) is 6.31. The number of aromatic nitrogens is 3. The second-order valence-corrected chi connectivity index (χ2v) is 5.94. The fourth-order valence-electron chi connectivity index (χ4n) is 2.34. The number of hydrogen-bond acceptors (Lipinski definition) is 5. The number of amides is 1. The van der Waals surface area contributed by atoms with Crippen LogP contribution < -0.4 is 21.9 Å². The van der Waals surface area contributed by atoms with Crippen LogP contribution in [0.2, 0.25) is 0 Å². The third-order valence-corrected chi connectivity index (χ3v) is 3.92. The molecule has 0 radical (unpaired) electrons. The molecule has 0 aliphatic heterocycles. The van der Waals surface area contributed by atoms with E-state index in [9.17, 15) is 14.4 Å².